The highest BCUT2D eigenvalue weighted by atomic mass is 16.5. The molecule has 0 atom stereocenters. The summed E-state index contributed by atoms with van der Waals surface area (Å²) in [5, 5.41) is 9.33. The van der Waals surface area contributed by atoms with E-state index in [0.717, 1.165) is 37.4 Å². The van der Waals surface area contributed by atoms with Crippen molar-refractivity contribution in [2.24, 2.45) is 0 Å². The molecule has 2 aromatic rings. The molecule has 0 N–H and O–H groups in total. The standard InChI is InChI=1S/C18H19N3O2/c1-2-23-16-7-5-15(6-8-16)21-12-9-14(13-19)17(21)18(22)20-10-3-4-11-20/h5-9,12H,2-4,10-11H2,1H3. The summed E-state index contributed by atoms with van der Waals surface area (Å²) in [6, 6.07) is 11.4. The Morgan fingerprint density at radius 2 is 1.91 bits per heavy atom. The van der Waals surface area contributed by atoms with Crippen molar-refractivity contribution in [2.75, 3.05) is 19.7 Å². The Balaban J connectivity index is 1.97. The number of rotatable bonds is 4. The van der Waals surface area contributed by atoms with Gasteiger partial charge < -0.3 is 14.2 Å². The number of nitriles is 1. The van der Waals surface area contributed by atoms with Gasteiger partial charge in [-0.05, 0) is 50.1 Å². The molecule has 23 heavy (non-hydrogen) atoms. The highest BCUT2D eigenvalue weighted by molar-refractivity contribution is 5.96. The highest BCUT2D eigenvalue weighted by Gasteiger charge is 2.25. The van der Waals surface area contributed by atoms with Crippen LogP contribution in [0, 0.1) is 11.3 Å². The summed E-state index contributed by atoms with van der Waals surface area (Å²) >= 11 is 0. The van der Waals surface area contributed by atoms with E-state index in [1.54, 1.807) is 16.8 Å². The van der Waals surface area contributed by atoms with Gasteiger partial charge in [-0.25, -0.2) is 0 Å². The average Bonchev–Trinajstić information content (AvgIpc) is 3.25. The molecule has 5 heteroatoms. The monoisotopic (exact) mass is 309 g/mol. The summed E-state index contributed by atoms with van der Waals surface area (Å²) in [5.41, 5.74) is 1.70. The van der Waals surface area contributed by atoms with Crippen LogP contribution in [0.25, 0.3) is 5.69 Å². The van der Waals surface area contributed by atoms with Crippen LogP contribution in [0.15, 0.2) is 36.5 Å². The lowest BCUT2D eigenvalue weighted by Crippen LogP contribution is -2.30. The molecular formula is C18H19N3O2. The first-order valence-corrected chi connectivity index (χ1v) is 7.88. The Bertz CT molecular complexity index is 735. The molecule has 1 aromatic carbocycles. The minimum atomic E-state index is -0.0714. The number of likely N-dealkylation sites (tertiary alicyclic amines) is 1. The molecule has 5 nitrogen and oxygen atoms in total. The highest BCUT2D eigenvalue weighted by Crippen LogP contribution is 2.22. The van der Waals surface area contributed by atoms with E-state index in [1.165, 1.54) is 0 Å². The molecule has 0 bridgehead atoms. The van der Waals surface area contributed by atoms with Crippen LogP contribution < -0.4 is 4.74 Å². The first-order chi connectivity index (χ1) is 11.2. The van der Waals surface area contributed by atoms with Crippen molar-refractivity contribution >= 4 is 5.91 Å². The molecule has 1 fully saturated rings. The van der Waals surface area contributed by atoms with Gasteiger partial charge >= 0.3 is 0 Å². The number of hydrogen-bond donors (Lipinski definition) is 0. The maximum atomic E-state index is 12.8. The van der Waals surface area contributed by atoms with Crippen LogP contribution in [-0.2, 0) is 0 Å². The number of carbonyl (C=O) groups is 1. The third-order valence-corrected chi connectivity index (χ3v) is 4.03. The van der Waals surface area contributed by atoms with E-state index in [-0.39, 0.29) is 5.91 Å². The Morgan fingerprint density at radius 1 is 1.22 bits per heavy atom. The Hall–Kier alpha value is -2.74. The van der Waals surface area contributed by atoms with Gasteiger partial charge in [0.05, 0.1) is 12.2 Å². The van der Waals surface area contributed by atoms with Gasteiger partial charge in [0.2, 0.25) is 0 Å². The molecule has 1 aromatic heterocycles. The van der Waals surface area contributed by atoms with Crippen LogP contribution in [0.5, 0.6) is 5.75 Å². The fourth-order valence-corrected chi connectivity index (χ4v) is 2.90. The Morgan fingerprint density at radius 3 is 2.52 bits per heavy atom. The summed E-state index contributed by atoms with van der Waals surface area (Å²) in [6.07, 6.45) is 3.83. The quantitative estimate of drug-likeness (QED) is 0.872. The second kappa shape index (κ2) is 6.57. The van der Waals surface area contributed by atoms with Gasteiger partial charge in [-0.2, -0.15) is 5.26 Å². The van der Waals surface area contributed by atoms with E-state index in [2.05, 4.69) is 6.07 Å². The summed E-state index contributed by atoms with van der Waals surface area (Å²) in [7, 11) is 0. The van der Waals surface area contributed by atoms with Crippen molar-refractivity contribution in [3.8, 4) is 17.5 Å². The zero-order chi connectivity index (χ0) is 16.2. The fourth-order valence-electron chi connectivity index (χ4n) is 2.90. The SMILES string of the molecule is CCOc1ccc(-n2ccc(C#N)c2C(=O)N2CCCC2)cc1. The number of aromatic nitrogens is 1. The lowest BCUT2D eigenvalue weighted by molar-refractivity contribution is 0.0784. The summed E-state index contributed by atoms with van der Waals surface area (Å²) in [5.74, 6) is 0.717. The molecule has 0 spiro atoms. The van der Waals surface area contributed by atoms with E-state index in [4.69, 9.17) is 4.74 Å². The van der Waals surface area contributed by atoms with Gasteiger partial charge in [-0.1, -0.05) is 0 Å². The minimum absolute atomic E-state index is 0.0714. The van der Waals surface area contributed by atoms with E-state index in [9.17, 15) is 10.1 Å². The summed E-state index contributed by atoms with van der Waals surface area (Å²) < 4.78 is 7.23. The molecule has 1 saturated heterocycles. The molecule has 0 aliphatic carbocycles. The molecule has 1 aliphatic heterocycles. The zero-order valence-corrected chi connectivity index (χ0v) is 13.2. The lowest BCUT2D eigenvalue weighted by Gasteiger charge is -2.17. The Labute approximate surface area is 135 Å². The van der Waals surface area contributed by atoms with Crippen LogP contribution in [0.4, 0.5) is 0 Å². The van der Waals surface area contributed by atoms with E-state index in [0.29, 0.717) is 17.9 Å². The largest absolute Gasteiger partial charge is 0.494 e. The van der Waals surface area contributed by atoms with Crippen molar-refractivity contribution < 1.29 is 9.53 Å². The van der Waals surface area contributed by atoms with Crippen LogP contribution in [0.1, 0.15) is 35.8 Å². The zero-order valence-electron chi connectivity index (χ0n) is 13.2. The van der Waals surface area contributed by atoms with Crippen LogP contribution in [0.2, 0.25) is 0 Å². The smallest absolute Gasteiger partial charge is 0.272 e. The fraction of sp³-hybridized carbons (Fsp3) is 0.333. The molecule has 118 valence electrons. The molecule has 2 heterocycles. The van der Waals surface area contributed by atoms with Gasteiger partial charge in [0.1, 0.15) is 17.5 Å². The number of carbonyl (C=O) groups excluding carboxylic acids is 1. The average molecular weight is 309 g/mol. The van der Waals surface area contributed by atoms with Crippen LogP contribution in [0.3, 0.4) is 0 Å². The number of ether oxygens (including phenoxy) is 1. The first-order valence-electron chi connectivity index (χ1n) is 7.88. The predicted molar refractivity (Wildman–Crippen MR) is 86.8 cm³/mol. The van der Waals surface area contributed by atoms with E-state index < -0.39 is 0 Å². The van der Waals surface area contributed by atoms with Gasteiger partial charge in [0.25, 0.3) is 5.91 Å². The molecule has 3 rings (SSSR count). The van der Waals surface area contributed by atoms with Crippen molar-refractivity contribution in [2.45, 2.75) is 19.8 Å². The Kier molecular flexibility index (Phi) is 4.33. The number of nitrogens with zero attached hydrogens (tertiary/aromatic N) is 3. The number of hydrogen-bond acceptors (Lipinski definition) is 3. The lowest BCUT2D eigenvalue weighted by atomic mass is 10.2. The maximum Gasteiger partial charge on any atom is 0.272 e. The summed E-state index contributed by atoms with van der Waals surface area (Å²) in [4.78, 5) is 14.6. The predicted octanol–water partition coefficient (Wildman–Crippen LogP) is 2.98. The first kappa shape index (κ1) is 15.2. The normalized spacial score (nSPS) is 13.8. The van der Waals surface area contributed by atoms with Crippen molar-refractivity contribution in [3.05, 3.63) is 47.8 Å². The minimum Gasteiger partial charge on any atom is -0.494 e. The third kappa shape index (κ3) is 2.93. The van der Waals surface area contributed by atoms with Gasteiger partial charge in [-0.3, -0.25) is 4.79 Å². The second-order valence-corrected chi connectivity index (χ2v) is 5.49. The van der Waals surface area contributed by atoms with Gasteiger partial charge in [0.15, 0.2) is 0 Å². The molecular weight excluding hydrogens is 290 g/mol. The van der Waals surface area contributed by atoms with Gasteiger partial charge in [-0.15, -0.1) is 0 Å². The van der Waals surface area contributed by atoms with E-state index >= 15 is 0 Å². The van der Waals surface area contributed by atoms with Crippen molar-refractivity contribution in [3.63, 3.8) is 0 Å². The molecule has 1 amide bonds. The maximum absolute atomic E-state index is 12.8. The molecule has 0 unspecified atom stereocenters. The number of amides is 1. The van der Waals surface area contributed by atoms with E-state index in [1.807, 2.05) is 36.1 Å². The molecule has 1 aliphatic rings. The molecule has 0 radical (unpaired) electrons. The van der Waals surface area contributed by atoms with Gasteiger partial charge in [0, 0.05) is 25.0 Å². The van der Waals surface area contributed by atoms with Crippen LogP contribution >= 0.6 is 0 Å². The number of benzene rings is 1. The molecule has 0 saturated carbocycles. The summed E-state index contributed by atoms with van der Waals surface area (Å²) in [6.45, 7) is 4.07. The van der Waals surface area contributed by atoms with Crippen molar-refractivity contribution in [1.29, 1.82) is 5.26 Å². The third-order valence-electron chi connectivity index (χ3n) is 4.03. The topological polar surface area (TPSA) is 58.3 Å². The van der Waals surface area contributed by atoms with Crippen molar-refractivity contribution in [1.82, 2.24) is 9.47 Å². The second-order valence-electron chi connectivity index (χ2n) is 5.49. The van der Waals surface area contributed by atoms with Crippen LogP contribution in [-0.4, -0.2) is 35.1 Å².